The number of nitrogens with zero attached hydrogens (tertiary/aromatic N) is 1. The first kappa shape index (κ1) is 17.0. The van der Waals surface area contributed by atoms with Gasteiger partial charge in [0.15, 0.2) is 0 Å². The maximum absolute atomic E-state index is 12.5. The summed E-state index contributed by atoms with van der Waals surface area (Å²) in [4.78, 5) is 14.9. The second-order valence-corrected chi connectivity index (χ2v) is 6.80. The van der Waals surface area contributed by atoms with Gasteiger partial charge in [0.25, 0.3) is 0 Å². The van der Waals surface area contributed by atoms with Crippen LogP contribution in [-0.4, -0.2) is 36.5 Å². The smallest absolute Gasteiger partial charge is 0.227 e. The lowest BCUT2D eigenvalue weighted by Crippen LogP contribution is -2.52. The van der Waals surface area contributed by atoms with Crippen molar-refractivity contribution in [1.82, 2.24) is 10.2 Å². The Balaban J connectivity index is 1.97. The Morgan fingerprint density at radius 2 is 1.86 bits per heavy atom. The van der Waals surface area contributed by atoms with Crippen molar-refractivity contribution in [2.45, 2.75) is 57.9 Å². The fraction of sp³-hybridized carbons (Fsp3) is 0.632. The van der Waals surface area contributed by atoms with Crippen LogP contribution in [0.15, 0.2) is 24.3 Å². The Bertz CT molecular complexity index is 489. The highest BCUT2D eigenvalue weighted by atomic mass is 16.1. The van der Waals surface area contributed by atoms with Crippen LogP contribution in [0.5, 0.6) is 0 Å². The number of aryl methyl sites for hydroxylation is 1. The molecule has 1 aromatic rings. The predicted octanol–water partition coefficient (Wildman–Crippen LogP) is 3.48. The molecule has 0 unspecified atom stereocenters. The van der Waals surface area contributed by atoms with E-state index in [1.807, 2.05) is 6.92 Å². The van der Waals surface area contributed by atoms with Crippen LogP contribution in [0.1, 0.15) is 56.6 Å². The summed E-state index contributed by atoms with van der Waals surface area (Å²) in [6, 6.07) is 8.26. The van der Waals surface area contributed by atoms with Crippen LogP contribution in [0.2, 0.25) is 0 Å². The van der Waals surface area contributed by atoms with Crippen molar-refractivity contribution in [1.29, 1.82) is 0 Å². The fourth-order valence-electron chi connectivity index (χ4n) is 3.47. The summed E-state index contributed by atoms with van der Waals surface area (Å²) in [7, 11) is 2.18. The molecule has 1 fully saturated rings. The summed E-state index contributed by atoms with van der Waals surface area (Å²) >= 11 is 0. The molecule has 1 atom stereocenters. The van der Waals surface area contributed by atoms with Gasteiger partial charge in [-0.25, -0.2) is 0 Å². The van der Waals surface area contributed by atoms with E-state index in [2.05, 4.69) is 55.4 Å². The maximum atomic E-state index is 12.5. The third-order valence-electron chi connectivity index (χ3n) is 5.38. The Morgan fingerprint density at radius 3 is 2.41 bits per heavy atom. The van der Waals surface area contributed by atoms with E-state index in [0.29, 0.717) is 0 Å². The van der Waals surface area contributed by atoms with E-state index >= 15 is 0 Å². The van der Waals surface area contributed by atoms with Gasteiger partial charge in [-0.15, -0.1) is 0 Å². The van der Waals surface area contributed by atoms with Crippen LogP contribution in [0.3, 0.4) is 0 Å². The molecule has 0 radical (unpaired) electrons. The first-order chi connectivity index (χ1) is 10.5. The van der Waals surface area contributed by atoms with E-state index < -0.39 is 0 Å². The number of carbonyl (C=O) groups is 1. The minimum Gasteiger partial charge on any atom is -0.354 e. The molecule has 2 rings (SSSR count). The number of nitrogens with one attached hydrogen (secondary N) is 1. The van der Waals surface area contributed by atoms with E-state index in [0.717, 1.165) is 18.7 Å². The maximum Gasteiger partial charge on any atom is 0.227 e. The number of likely N-dealkylation sites (N-methyl/N-ethyl adjacent to an activating group) is 1. The molecule has 1 N–H and O–H groups in total. The van der Waals surface area contributed by atoms with Gasteiger partial charge < -0.3 is 5.32 Å². The van der Waals surface area contributed by atoms with Crippen LogP contribution in [0, 0.1) is 6.92 Å². The van der Waals surface area contributed by atoms with Gasteiger partial charge >= 0.3 is 0 Å². The predicted molar refractivity (Wildman–Crippen MR) is 92.1 cm³/mol. The van der Waals surface area contributed by atoms with Gasteiger partial charge in [-0.2, -0.15) is 0 Å². The van der Waals surface area contributed by atoms with Crippen LogP contribution < -0.4 is 5.32 Å². The van der Waals surface area contributed by atoms with Crippen molar-refractivity contribution in [2.24, 2.45) is 0 Å². The molecular weight excluding hydrogens is 272 g/mol. The number of benzene rings is 1. The van der Waals surface area contributed by atoms with Crippen molar-refractivity contribution < 1.29 is 4.79 Å². The zero-order chi connectivity index (χ0) is 16.2. The summed E-state index contributed by atoms with van der Waals surface area (Å²) in [5.41, 5.74) is 2.48. The lowest BCUT2D eigenvalue weighted by molar-refractivity contribution is -0.122. The largest absolute Gasteiger partial charge is 0.354 e. The van der Waals surface area contributed by atoms with Crippen molar-refractivity contribution in [2.75, 3.05) is 20.1 Å². The van der Waals surface area contributed by atoms with Crippen LogP contribution in [-0.2, 0) is 4.79 Å². The number of hydrogen-bond donors (Lipinski definition) is 1. The highest BCUT2D eigenvalue weighted by Gasteiger charge is 2.37. The fourth-order valence-corrected chi connectivity index (χ4v) is 3.47. The average Bonchev–Trinajstić information content (AvgIpc) is 3.02. The lowest BCUT2D eigenvalue weighted by Gasteiger charge is -2.38. The summed E-state index contributed by atoms with van der Waals surface area (Å²) in [6.45, 7) is 8.05. The Labute approximate surface area is 135 Å². The molecule has 1 saturated carbocycles. The first-order valence-corrected chi connectivity index (χ1v) is 8.54. The minimum absolute atomic E-state index is 0.0917. The summed E-state index contributed by atoms with van der Waals surface area (Å²) in [6.07, 6.45) is 4.93. The normalized spacial score (nSPS) is 18.4. The molecule has 122 valence electrons. The number of rotatable bonds is 6. The van der Waals surface area contributed by atoms with Gasteiger partial charge in [-0.05, 0) is 45.8 Å². The SMILES string of the molecule is CCN(C)C1(CNC(=O)[C@H](C)c2ccc(C)cc2)CCCC1. The molecule has 0 heterocycles. The lowest BCUT2D eigenvalue weighted by atomic mass is 9.94. The summed E-state index contributed by atoms with van der Waals surface area (Å²) in [5, 5.41) is 3.21. The monoisotopic (exact) mass is 302 g/mol. The molecule has 3 heteroatoms. The second-order valence-electron chi connectivity index (χ2n) is 6.80. The van der Waals surface area contributed by atoms with Crippen LogP contribution >= 0.6 is 0 Å². The zero-order valence-corrected chi connectivity index (χ0v) is 14.5. The Hall–Kier alpha value is -1.35. The molecule has 0 saturated heterocycles. The average molecular weight is 302 g/mol. The number of carbonyl (C=O) groups excluding carboxylic acids is 1. The molecule has 0 spiro atoms. The van der Waals surface area contributed by atoms with Crippen LogP contribution in [0.25, 0.3) is 0 Å². The van der Waals surface area contributed by atoms with Crippen molar-refractivity contribution in [3.63, 3.8) is 0 Å². The van der Waals surface area contributed by atoms with Gasteiger partial charge in [0.05, 0.1) is 5.92 Å². The van der Waals surface area contributed by atoms with Crippen molar-refractivity contribution in [3.05, 3.63) is 35.4 Å². The van der Waals surface area contributed by atoms with Gasteiger partial charge in [0.2, 0.25) is 5.91 Å². The number of hydrogen-bond acceptors (Lipinski definition) is 2. The quantitative estimate of drug-likeness (QED) is 0.872. The minimum atomic E-state index is -0.0917. The van der Waals surface area contributed by atoms with Crippen molar-refractivity contribution >= 4 is 5.91 Å². The summed E-state index contributed by atoms with van der Waals surface area (Å²) in [5.74, 6) is 0.0469. The Kier molecular flexibility index (Phi) is 5.63. The van der Waals surface area contributed by atoms with E-state index in [1.54, 1.807) is 0 Å². The molecule has 1 aromatic carbocycles. The second kappa shape index (κ2) is 7.28. The molecule has 0 bridgehead atoms. The van der Waals surface area contributed by atoms with Gasteiger partial charge in [-0.3, -0.25) is 9.69 Å². The summed E-state index contributed by atoms with van der Waals surface area (Å²) < 4.78 is 0. The zero-order valence-electron chi connectivity index (χ0n) is 14.5. The van der Waals surface area contributed by atoms with E-state index in [4.69, 9.17) is 0 Å². The van der Waals surface area contributed by atoms with E-state index in [-0.39, 0.29) is 17.4 Å². The third-order valence-corrected chi connectivity index (χ3v) is 5.38. The molecule has 1 aliphatic rings. The molecule has 22 heavy (non-hydrogen) atoms. The van der Waals surface area contributed by atoms with Gasteiger partial charge in [0, 0.05) is 12.1 Å². The van der Waals surface area contributed by atoms with E-state index in [1.165, 1.54) is 31.2 Å². The standard InChI is InChI=1S/C19H30N2O/c1-5-21(4)19(12-6-7-13-19)14-20-18(22)16(3)17-10-8-15(2)9-11-17/h8-11,16H,5-7,12-14H2,1-4H3,(H,20,22)/t16-/m1/s1. The van der Waals surface area contributed by atoms with Crippen molar-refractivity contribution in [3.8, 4) is 0 Å². The van der Waals surface area contributed by atoms with Crippen LogP contribution in [0.4, 0.5) is 0 Å². The molecular formula is C19H30N2O. The van der Waals surface area contributed by atoms with Gasteiger partial charge in [-0.1, -0.05) is 49.6 Å². The molecule has 1 amide bonds. The highest BCUT2D eigenvalue weighted by molar-refractivity contribution is 5.83. The Morgan fingerprint density at radius 1 is 1.27 bits per heavy atom. The molecule has 0 aliphatic heterocycles. The topological polar surface area (TPSA) is 32.3 Å². The first-order valence-electron chi connectivity index (χ1n) is 8.54. The molecule has 0 aromatic heterocycles. The number of amides is 1. The molecule has 1 aliphatic carbocycles. The highest BCUT2D eigenvalue weighted by Crippen LogP contribution is 2.34. The molecule has 3 nitrogen and oxygen atoms in total. The van der Waals surface area contributed by atoms with E-state index in [9.17, 15) is 4.79 Å². The van der Waals surface area contributed by atoms with Gasteiger partial charge in [0.1, 0.15) is 0 Å². The third kappa shape index (κ3) is 3.70.